The third-order valence-electron chi connectivity index (χ3n) is 2.72. The van der Waals surface area contributed by atoms with Crippen LogP contribution < -0.4 is 5.32 Å². The molecule has 0 spiro atoms. The van der Waals surface area contributed by atoms with Gasteiger partial charge in [0.25, 0.3) is 5.91 Å². The van der Waals surface area contributed by atoms with E-state index in [-0.39, 0.29) is 17.6 Å². The topological polar surface area (TPSA) is 55.4 Å². The number of esters is 1. The van der Waals surface area contributed by atoms with Crippen molar-refractivity contribution in [2.75, 3.05) is 12.3 Å². The van der Waals surface area contributed by atoms with Gasteiger partial charge in [0.1, 0.15) is 0 Å². The van der Waals surface area contributed by atoms with Crippen LogP contribution in [0.4, 0.5) is 0 Å². The summed E-state index contributed by atoms with van der Waals surface area (Å²) in [4.78, 5) is 24.2. The summed E-state index contributed by atoms with van der Waals surface area (Å²) in [6.45, 7) is 7.94. The number of carbonyl (C=O) groups excluding carboxylic acids is 2. The highest BCUT2D eigenvalue weighted by Crippen LogP contribution is 2.23. The number of rotatable bonds is 6. The quantitative estimate of drug-likeness (QED) is 0.647. The maximum atomic E-state index is 11.7. The number of benzene rings is 1. The first-order valence-electron chi connectivity index (χ1n) is 6.61. The molecule has 1 amide bonds. The number of hydrogen-bond acceptors (Lipinski definition) is 4. The monoisotopic (exact) mass is 295 g/mol. The van der Waals surface area contributed by atoms with E-state index in [9.17, 15) is 9.59 Å². The largest absolute Gasteiger partial charge is 0.452 e. The fourth-order valence-corrected chi connectivity index (χ4v) is 2.51. The molecule has 5 heteroatoms. The van der Waals surface area contributed by atoms with Crippen LogP contribution in [0.25, 0.3) is 0 Å². The minimum Gasteiger partial charge on any atom is -0.452 e. The van der Waals surface area contributed by atoms with Crippen molar-refractivity contribution in [3.8, 4) is 0 Å². The first-order valence-corrected chi connectivity index (χ1v) is 7.59. The summed E-state index contributed by atoms with van der Waals surface area (Å²) in [5.74, 6) is -0.444. The molecule has 1 rings (SSSR count). The van der Waals surface area contributed by atoms with Crippen LogP contribution in [0.5, 0.6) is 0 Å². The number of aryl methyl sites for hydroxylation is 2. The van der Waals surface area contributed by atoms with Gasteiger partial charge in [-0.25, -0.2) is 0 Å². The van der Waals surface area contributed by atoms with Crippen LogP contribution in [0.15, 0.2) is 23.1 Å². The fraction of sp³-hybridized carbons (Fsp3) is 0.467. The molecule has 1 atom stereocenters. The van der Waals surface area contributed by atoms with Crippen LogP contribution in [0, 0.1) is 13.8 Å². The molecule has 0 aromatic heterocycles. The number of likely N-dealkylation sites (N-methyl/N-ethyl adjacent to an activating group) is 1. The molecule has 1 aromatic carbocycles. The Kier molecular flexibility index (Phi) is 6.58. The predicted octanol–water partition coefficient (Wildman–Crippen LogP) is 2.46. The second-order valence-corrected chi connectivity index (χ2v) is 5.60. The van der Waals surface area contributed by atoms with Gasteiger partial charge in [-0.05, 0) is 39.3 Å². The van der Waals surface area contributed by atoms with Crippen LogP contribution in [0.3, 0.4) is 0 Å². The van der Waals surface area contributed by atoms with E-state index in [4.69, 9.17) is 4.74 Å². The Morgan fingerprint density at radius 3 is 2.70 bits per heavy atom. The highest BCUT2D eigenvalue weighted by Gasteiger charge is 2.17. The van der Waals surface area contributed by atoms with Crippen molar-refractivity contribution in [3.63, 3.8) is 0 Å². The molecule has 0 aliphatic carbocycles. The van der Waals surface area contributed by atoms with Crippen molar-refractivity contribution in [1.29, 1.82) is 0 Å². The van der Waals surface area contributed by atoms with Gasteiger partial charge < -0.3 is 10.1 Å². The molecule has 0 heterocycles. The van der Waals surface area contributed by atoms with E-state index < -0.39 is 6.10 Å². The van der Waals surface area contributed by atoms with Crippen LogP contribution in [0.1, 0.15) is 25.0 Å². The highest BCUT2D eigenvalue weighted by atomic mass is 32.2. The zero-order chi connectivity index (χ0) is 15.1. The van der Waals surface area contributed by atoms with Gasteiger partial charge >= 0.3 is 5.97 Å². The Hall–Kier alpha value is -1.49. The number of thioether (sulfide) groups is 1. The van der Waals surface area contributed by atoms with Crippen LogP contribution in [-0.4, -0.2) is 30.3 Å². The van der Waals surface area contributed by atoms with E-state index in [0.717, 1.165) is 16.0 Å². The number of nitrogens with one attached hydrogen (secondary N) is 1. The number of carbonyl (C=O) groups is 2. The van der Waals surface area contributed by atoms with E-state index in [0.29, 0.717) is 6.54 Å². The van der Waals surface area contributed by atoms with E-state index in [1.165, 1.54) is 11.8 Å². The van der Waals surface area contributed by atoms with Crippen molar-refractivity contribution in [1.82, 2.24) is 5.32 Å². The summed E-state index contributed by atoms with van der Waals surface area (Å²) in [5.41, 5.74) is 2.28. The molecule has 0 unspecified atom stereocenters. The normalized spacial score (nSPS) is 11.8. The zero-order valence-electron chi connectivity index (χ0n) is 12.4. The molecule has 0 saturated heterocycles. The zero-order valence-corrected chi connectivity index (χ0v) is 13.2. The summed E-state index contributed by atoms with van der Waals surface area (Å²) < 4.78 is 5.08. The second kappa shape index (κ2) is 7.94. The van der Waals surface area contributed by atoms with E-state index in [1.807, 2.05) is 39.0 Å². The predicted molar refractivity (Wildman–Crippen MR) is 80.9 cm³/mol. The van der Waals surface area contributed by atoms with Gasteiger partial charge in [0.2, 0.25) is 0 Å². The van der Waals surface area contributed by atoms with Gasteiger partial charge in [0, 0.05) is 11.4 Å². The third-order valence-corrected chi connectivity index (χ3v) is 3.85. The molecule has 1 aromatic rings. The summed E-state index contributed by atoms with van der Waals surface area (Å²) >= 11 is 1.43. The smallest absolute Gasteiger partial charge is 0.317 e. The molecule has 0 fully saturated rings. The van der Waals surface area contributed by atoms with Gasteiger partial charge in [-0.1, -0.05) is 17.7 Å². The number of amides is 1. The summed E-state index contributed by atoms with van der Waals surface area (Å²) in [6.07, 6.45) is -0.748. The van der Waals surface area contributed by atoms with E-state index in [1.54, 1.807) is 6.92 Å². The van der Waals surface area contributed by atoms with Gasteiger partial charge in [0.15, 0.2) is 6.10 Å². The van der Waals surface area contributed by atoms with Crippen LogP contribution in [0.2, 0.25) is 0 Å². The molecule has 0 aliphatic heterocycles. The van der Waals surface area contributed by atoms with Gasteiger partial charge in [0.05, 0.1) is 5.75 Å². The van der Waals surface area contributed by atoms with Crippen molar-refractivity contribution >= 4 is 23.6 Å². The average Bonchev–Trinajstić information content (AvgIpc) is 2.40. The Balaban J connectivity index is 2.47. The SMILES string of the molecule is CCNC(=O)[C@@H](C)OC(=O)CSc1cc(C)ccc1C. The first-order chi connectivity index (χ1) is 9.43. The Morgan fingerprint density at radius 1 is 1.35 bits per heavy atom. The Bertz CT molecular complexity index is 488. The van der Waals surface area contributed by atoms with Crippen molar-refractivity contribution in [3.05, 3.63) is 29.3 Å². The summed E-state index contributed by atoms with van der Waals surface area (Å²) in [7, 11) is 0. The molecular weight excluding hydrogens is 274 g/mol. The lowest BCUT2D eigenvalue weighted by atomic mass is 10.2. The number of ether oxygens (including phenoxy) is 1. The highest BCUT2D eigenvalue weighted by molar-refractivity contribution is 8.00. The lowest BCUT2D eigenvalue weighted by Crippen LogP contribution is -2.35. The van der Waals surface area contributed by atoms with Crippen molar-refractivity contribution in [2.45, 2.75) is 38.7 Å². The average molecular weight is 295 g/mol. The summed E-state index contributed by atoms with van der Waals surface area (Å²) in [6, 6.07) is 6.11. The van der Waals surface area contributed by atoms with Gasteiger partial charge in [-0.15, -0.1) is 11.8 Å². The van der Waals surface area contributed by atoms with Crippen LogP contribution in [-0.2, 0) is 14.3 Å². The maximum Gasteiger partial charge on any atom is 0.317 e. The van der Waals surface area contributed by atoms with Crippen molar-refractivity contribution in [2.24, 2.45) is 0 Å². The lowest BCUT2D eigenvalue weighted by Gasteiger charge is -2.13. The molecule has 1 N–H and O–H groups in total. The third kappa shape index (κ3) is 5.25. The first kappa shape index (κ1) is 16.6. The van der Waals surface area contributed by atoms with Gasteiger partial charge in [-0.3, -0.25) is 9.59 Å². The second-order valence-electron chi connectivity index (χ2n) is 4.58. The van der Waals surface area contributed by atoms with Crippen molar-refractivity contribution < 1.29 is 14.3 Å². The molecule has 0 saturated carbocycles. The maximum absolute atomic E-state index is 11.7. The standard InChI is InChI=1S/C15H21NO3S/c1-5-16-15(18)12(4)19-14(17)9-20-13-8-10(2)6-7-11(13)3/h6-8,12H,5,9H2,1-4H3,(H,16,18)/t12-/m1/s1. The Labute approximate surface area is 124 Å². The van der Waals surface area contributed by atoms with E-state index >= 15 is 0 Å². The minimum atomic E-state index is -0.748. The molecule has 0 aliphatic rings. The number of hydrogen-bond donors (Lipinski definition) is 1. The molecule has 110 valence electrons. The molecule has 4 nitrogen and oxygen atoms in total. The fourth-order valence-electron chi connectivity index (χ4n) is 1.60. The van der Waals surface area contributed by atoms with E-state index in [2.05, 4.69) is 5.32 Å². The molecule has 0 bridgehead atoms. The lowest BCUT2D eigenvalue weighted by molar-refractivity contribution is -0.152. The molecule has 0 radical (unpaired) electrons. The summed E-state index contributed by atoms with van der Waals surface area (Å²) in [5, 5.41) is 2.62. The van der Waals surface area contributed by atoms with Gasteiger partial charge in [-0.2, -0.15) is 0 Å². The minimum absolute atomic E-state index is 0.202. The van der Waals surface area contributed by atoms with Crippen LogP contribution >= 0.6 is 11.8 Å². The molecule has 20 heavy (non-hydrogen) atoms. The Morgan fingerprint density at radius 2 is 2.05 bits per heavy atom. The molecular formula is C15H21NO3S.